The molecule has 0 spiro atoms. The molecular weight excluding hydrogens is 234 g/mol. The van der Waals surface area contributed by atoms with Gasteiger partial charge in [0.1, 0.15) is 0 Å². The average molecular weight is 255 g/mol. The molecule has 2 atom stereocenters. The molecule has 17 heavy (non-hydrogen) atoms. The summed E-state index contributed by atoms with van der Waals surface area (Å²) in [6.45, 7) is 4.01. The van der Waals surface area contributed by atoms with Crippen LogP contribution in [0, 0.1) is 5.92 Å². The molecule has 3 nitrogen and oxygen atoms in total. The molecule has 0 aliphatic heterocycles. The van der Waals surface area contributed by atoms with Crippen molar-refractivity contribution in [1.29, 1.82) is 0 Å². The summed E-state index contributed by atoms with van der Waals surface area (Å²) in [6.07, 6.45) is 2.36. The largest absolute Gasteiger partial charge is 0.228 e. The fourth-order valence-electron chi connectivity index (χ4n) is 2.13. The third-order valence-electron chi connectivity index (χ3n) is 3.08. The van der Waals surface area contributed by atoms with Gasteiger partial charge in [0.2, 0.25) is 10.0 Å². The van der Waals surface area contributed by atoms with Crippen molar-refractivity contribution in [3.05, 3.63) is 35.9 Å². The number of sulfonamides is 1. The predicted octanol–water partition coefficient (Wildman–Crippen LogP) is 2.32. The Hall–Kier alpha value is -0.870. The van der Waals surface area contributed by atoms with Gasteiger partial charge in [-0.1, -0.05) is 50.6 Å². The molecule has 1 aromatic rings. The first-order valence-corrected chi connectivity index (χ1v) is 7.61. The van der Waals surface area contributed by atoms with Crippen LogP contribution in [0.4, 0.5) is 0 Å². The summed E-state index contributed by atoms with van der Waals surface area (Å²) in [5, 5.41) is 4.85. The molecule has 1 aromatic carbocycles. The zero-order valence-electron chi connectivity index (χ0n) is 10.5. The molecule has 4 heteroatoms. The van der Waals surface area contributed by atoms with Crippen molar-refractivity contribution in [1.82, 2.24) is 0 Å². The van der Waals surface area contributed by atoms with Gasteiger partial charge >= 0.3 is 0 Å². The molecule has 0 aliphatic rings. The van der Waals surface area contributed by atoms with E-state index in [1.807, 2.05) is 37.3 Å². The molecule has 2 N–H and O–H groups in total. The second kappa shape index (κ2) is 6.17. The Morgan fingerprint density at radius 2 is 1.82 bits per heavy atom. The van der Waals surface area contributed by atoms with Crippen LogP contribution in [-0.4, -0.2) is 13.7 Å². The van der Waals surface area contributed by atoms with E-state index in [1.165, 1.54) is 0 Å². The van der Waals surface area contributed by atoms with E-state index >= 15 is 0 Å². The van der Waals surface area contributed by atoms with Gasteiger partial charge in [-0.25, -0.2) is 13.6 Å². The summed E-state index contributed by atoms with van der Waals surface area (Å²) >= 11 is 0. The Balaban J connectivity index is 2.86. The summed E-state index contributed by atoms with van der Waals surface area (Å²) in [6, 6.07) is 9.64. The third kappa shape index (κ3) is 4.48. The quantitative estimate of drug-likeness (QED) is 0.848. The highest BCUT2D eigenvalue weighted by atomic mass is 32.2. The lowest BCUT2D eigenvalue weighted by Crippen LogP contribution is -2.35. The minimum atomic E-state index is -3.48. The van der Waals surface area contributed by atoms with Crippen LogP contribution in [0.25, 0.3) is 0 Å². The summed E-state index contributed by atoms with van der Waals surface area (Å²) in [7, 11) is -3.48. The predicted molar refractivity (Wildman–Crippen MR) is 71.1 cm³/mol. The van der Waals surface area contributed by atoms with Gasteiger partial charge in [-0.2, -0.15) is 0 Å². The minimum absolute atomic E-state index is 0.0928. The Kier molecular flexibility index (Phi) is 5.15. The molecule has 0 amide bonds. The van der Waals surface area contributed by atoms with Crippen LogP contribution in [0.3, 0.4) is 0 Å². The van der Waals surface area contributed by atoms with Gasteiger partial charge in [-0.15, -0.1) is 0 Å². The molecule has 0 saturated heterocycles. The van der Waals surface area contributed by atoms with Gasteiger partial charge < -0.3 is 0 Å². The maximum atomic E-state index is 11.6. The zero-order chi connectivity index (χ0) is 12.9. The number of nitrogens with two attached hydrogens (primary N) is 1. The molecule has 0 saturated carbocycles. The van der Waals surface area contributed by atoms with Crippen molar-refractivity contribution in [3.63, 3.8) is 0 Å². The Bertz CT molecular complexity index is 428. The monoisotopic (exact) mass is 255 g/mol. The van der Waals surface area contributed by atoms with E-state index in [2.05, 4.69) is 6.92 Å². The van der Waals surface area contributed by atoms with Gasteiger partial charge in [0.05, 0.1) is 5.25 Å². The van der Waals surface area contributed by atoms with E-state index < -0.39 is 15.3 Å². The molecule has 96 valence electrons. The normalized spacial score (nSPS) is 15.5. The van der Waals surface area contributed by atoms with E-state index in [9.17, 15) is 8.42 Å². The highest BCUT2D eigenvalue weighted by Gasteiger charge is 2.27. The van der Waals surface area contributed by atoms with Crippen molar-refractivity contribution in [2.24, 2.45) is 11.1 Å². The lowest BCUT2D eigenvalue weighted by Gasteiger charge is -2.21. The van der Waals surface area contributed by atoms with E-state index in [4.69, 9.17) is 5.14 Å². The van der Waals surface area contributed by atoms with Gasteiger partial charge in [0.15, 0.2) is 0 Å². The third-order valence-corrected chi connectivity index (χ3v) is 4.56. The first-order chi connectivity index (χ1) is 7.95. The van der Waals surface area contributed by atoms with Crippen LogP contribution in [-0.2, 0) is 16.4 Å². The second-order valence-electron chi connectivity index (χ2n) is 4.58. The number of rotatable bonds is 6. The number of primary sulfonamides is 1. The van der Waals surface area contributed by atoms with E-state index in [0.717, 1.165) is 18.4 Å². The average Bonchev–Trinajstić information content (AvgIpc) is 2.26. The highest BCUT2D eigenvalue weighted by molar-refractivity contribution is 7.89. The van der Waals surface area contributed by atoms with Crippen LogP contribution >= 0.6 is 0 Å². The summed E-state index contributed by atoms with van der Waals surface area (Å²) < 4.78 is 23.3. The fourth-order valence-corrected chi connectivity index (χ4v) is 3.34. The first kappa shape index (κ1) is 14.2. The van der Waals surface area contributed by atoms with Crippen molar-refractivity contribution in [3.8, 4) is 0 Å². The molecule has 1 unspecified atom stereocenters. The van der Waals surface area contributed by atoms with Gasteiger partial charge in [0, 0.05) is 0 Å². The Labute approximate surface area is 104 Å². The highest BCUT2D eigenvalue weighted by Crippen LogP contribution is 2.20. The maximum absolute atomic E-state index is 11.6. The molecule has 0 aromatic heterocycles. The smallest absolute Gasteiger partial charge is 0.212 e. The van der Waals surface area contributed by atoms with Crippen LogP contribution in [0.15, 0.2) is 30.3 Å². The van der Waals surface area contributed by atoms with Crippen LogP contribution in [0.5, 0.6) is 0 Å². The summed E-state index contributed by atoms with van der Waals surface area (Å²) in [5.41, 5.74) is 1.02. The number of benzene rings is 1. The summed E-state index contributed by atoms with van der Waals surface area (Å²) in [4.78, 5) is 0. The second-order valence-corrected chi connectivity index (χ2v) is 6.37. The SMILES string of the molecule is CCC[C@H](C)C(Cc1ccccc1)S(N)(=O)=O. The Morgan fingerprint density at radius 1 is 1.24 bits per heavy atom. The number of hydrogen-bond acceptors (Lipinski definition) is 2. The van der Waals surface area contributed by atoms with Gasteiger partial charge in [-0.05, 0) is 24.3 Å². The first-order valence-electron chi connectivity index (χ1n) is 6.00. The molecule has 0 bridgehead atoms. The van der Waals surface area contributed by atoms with Gasteiger partial charge in [0.25, 0.3) is 0 Å². The van der Waals surface area contributed by atoms with Gasteiger partial charge in [-0.3, -0.25) is 0 Å². The molecule has 0 heterocycles. The molecule has 1 rings (SSSR count). The van der Waals surface area contributed by atoms with Crippen molar-refractivity contribution >= 4 is 10.0 Å². The molecule has 0 radical (unpaired) electrons. The van der Waals surface area contributed by atoms with Crippen molar-refractivity contribution < 1.29 is 8.42 Å². The van der Waals surface area contributed by atoms with Crippen LogP contribution < -0.4 is 5.14 Å². The van der Waals surface area contributed by atoms with E-state index in [-0.39, 0.29) is 5.92 Å². The van der Waals surface area contributed by atoms with Crippen molar-refractivity contribution in [2.45, 2.75) is 38.4 Å². The fraction of sp³-hybridized carbons (Fsp3) is 0.538. The van der Waals surface area contributed by atoms with Crippen LogP contribution in [0.2, 0.25) is 0 Å². The van der Waals surface area contributed by atoms with E-state index in [0.29, 0.717) is 6.42 Å². The minimum Gasteiger partial charge on any atom is -0.228 e. The summed E-state index contributed by atoms with van der Waals surface area (Å²) in [5.74, 6) is 0.0928. The molecule has 0 fully saturated rings. The lowest BCUT2D eigenvalue weighted by molar-refractivity contribution is 0.469. The molecular formula is C13H21NO2S. The zero-order valence-corrected chi connectivity index (χ0v) is 11.3. The maximum Gasteiger partial charge on any atom is 0.212 e. The lowest BCUT2D eigenvalue weighted by atomic mass is 9.96. The topological polar surface area (TPSA) is 60.2 Å². The van der Waals surface area contributed by atoms with Crippen molar-refractivity contribution in [2.75, 3.05) is 0 Å². The van der Waals surface area contributed by atoms with E-state index in [1.54, 1.807) is 0 Å². The standard InChI is InChI=1S/C13H21NO2S/c1-3-7-11(2)13(17(14,15)16)10-12-8-5-4-6-9-12/h4-6,8-9,11,13H,3,7,10H2,1-2H3,(H2,14,15,16)/t11-,13?/m0/s1. The molecule has 0 aliphatic carbocycles. The van der Waals surface area contributed by atoms with Crippen LogP contribution in [0.1, 0.15) is 32.3 Å². The number of hydrogen-bond donors (Lipinski definition) is 1. The Morgan fingerprint density at radius 3 is 2.29 bits per heavy atom.